The number of rotatable bonds is 4. The van der Waals surface area contributed by atoms with Gasteiger partial charge in [-0.05, 0) is 30.3 Å². The molecule has 1 atom stereocenters. The molecule has 0 bridgehead atoms. The Balaban J connectivity index is 1.75. The third-order valence-electron chi connectivity index (χ3n) is 3.63. The van der Waals surface area contributed by atoms with Gasteiger partial charge in [-0.2, -0.15) is 13.2 Å². The second-order valence-corrected chi connectivity index (χ2v) is 5.60. The van der Waals surface area contributed by atoms with E-state index in [1.165, 1.54) is 30.7 Å². The van der Waals surface area contributed by atoms with Gasteiger partial charge in [-0.25, -0.2) is 13.8 Å². The van der Waals surface area contributed by atoms with E-state index in [0.29, 0.717) is 6.07 Å². The van der Waals surface area contributed by atoms with Crippen LogP contribution in [0.2, 0.25) is 0 Å². The highest BCUT2D eigenvalue weighted by atomic mass is 19.4. The van der Waals surface area contributed by atoms with Gasteiger partial charge >= 0.3 is 6.18 Å². The average Bonchev–Trinajstić information content (AvgIpc) is 2.63. The van der Waals surface area contributed by atoms with Crippen molar-refractivity contribution in [2.24, 2.45) is 4.99 Å². The molecule has 1 aliphatic rings. The predicted octanol–water partition coefficient (Wildman–Crippen LogP) is 3.89. The van der Waals surface area contributed by atoms with Gasteiger partial charge in [0.2, 0.25) is 6.23 Å². The first-order valence-corrected chi connectivity index (χ1v) is 7.82. The van der Waals surface area contributed by atoms with Crippen molar-refractivity contribution in [3.05, 3.63) is 77.6 Å². The Hall–Kier alpha value is -3.43. The maximum Gasteiger partial charge on any atom is 0.416 e. The number of alkyl halides is 3. The molecule has 146 valence electrons. The summed E-state index contributed by atoms with van der Waals surface area (Å²) in [5.41, 5.74) is 0.991. The quantitative estimate of drug-likeness (QED) is 0.797. The van der Waals surface area contributed by atoms with Gasteiger partial charge in [-0.15, -0.1) is 0 Å². The molecule has 1 unspecified atom stereocenters. The number of hydrogen-bond donors (Lipinski definition) is 1. The number of nitrogens with one attached hydrogen (secondary N) is 1. The van der Waals surface area contributed by atoms with Crippen LogP contribution in [-0.2, 0) is 6.18 Å². The second-order valence-electron chi connectivity index (χ2n) is 5.60. The summed E-state index contributed by atoms with van der Waals surface area (Å²) in [4.78, 5) is 16.0. The minimum absolute atomic E-state index is 0.117. The van der Waals surface area contributed by atoms with Gasteiger partial charge in [-0.3, -0.25) is 15.2 Å². The Morgan fingerprint density at radius 1 is 1.14 bits per heavy atom. The molecule has 0 saturated carbocycles. The molecule has 28 heavy (non-hydrogen) atoms. The van der Waals surface area contributed by atoms with E-state index >= 15 is 0 Å². The molecule has 1 N–H and O–H groups in total. The van der Waals surface area contributed by atoms with Crippen molar-refractivity contribution < 1.29 is 31.5 Å². The predicted molar refractivity (Wildman–Crippen MR) is 89.2 cm³/mol. The molecule has 10 heteroatoms. The van der Waals surface area contributed by atoms with Crippen molar-refractivity contribution in [1.29, 1.82) is 0 Å². The number of carbonyl (C=O) groups excluding carboxylic acids is 1. The SMILES string of the molecule is O=C(NN1C=CN=CC1Oc1cccc(C(F)(F)F)c1)c1ccc(F)cc1F. The molecule has 0 aromatic heterocycles. The number of ether oxygens (including phenoxy) is 1. The van der Waals surface area contributed by atoms with Crippen molar-refractivity contribution in [1.82, 2.24) is 10.4 Å². The molecule has 1 aliphatic heterocycles. The van der Waals surface area contributed by atoms with E-state index in [9.17, 15) is 26.7 Å². The maximum atomic E-state index is 13.8. The smallest absolute Gasteiger partial charge is 0.416 e. The van der Waals surface area contributed by atoms with Gasteiger partial charge in [0.15, 0.2) is 0 Å². The van der Waals surface area contributed by atoms with Crippen LogP contribution in [0.5, 0.6) is 5.75 Å². The number of nitrogens with zero attached hydrogens (tertiary/aromatic N) is 2. The Bertz CT molecular complexity index is 943. The van der Waals surface area contributed by atoms with Gasteiger partial charge < -0.3 is 4.74 Å². The number of hydrazine groups is 1. The minimum Gasteiger partial charge on any atom is -0.464 e. The summed E-state index contributed by atoms with van der Waals surface area (Å²) in [5, 5.41) is 1.08. The van der Waals surface area contributed by atoms with Crippen LogP contribution in [0.3, 0.4) is 0 Å². The Kier molecular flexibility index (Phi) is 5.30. The first-order chi connectivity index (χ1) is 13.2. The van der Waals surface area contributed by atoms with Crippen LogP contribution in [0.25, 0.3) is 0 Å². The Labute approximate surface area is 155 Å². The summed E-state index contributed by atoms with van der Waals surface area (Å²) in [5.74, 6) is -2.93. The number of hydrogen-bond acceptors (Lipinski definition) is 4. The van der Waals surface area contributed by atoms with Crippen LogP contribution in [0, 0.1) is 11.6 Å². The third kappa shape index (κ3) is 4.45. The van der Waals surface area contributed by atoms with E-state index < -0.39 is 41.1 Å². The lowest BCUT2D eigenvalue weighted by atomic mass is 10.2. The van der Waals surface area contributed by atoms with E-state index in [2.05, 4.69) is 10.4 Å². The summed E-state index contributed by atoms with van der Waals surface area (Å²) >= 11 is 0. The summed E-state index contributed by atoms with van der Waals surface area (Å²) in [6.45, 7) is 0. The third-order valence-corrected chi connectivity index (χ3v) is 3.63. The van der Waals surface area contributed by atoms with Gasteiger partial charge in [0.25, 0.3) is 5.91 Å². The molecular formula is C18H12F5N3O2. The molecule has 0 radical (unpaired) electrons. The van der Waals surface area contributed by atoms with Crippen molar-refractivity contribution in [2.45, 2.75) is 12.4 Å². The molecule has 1 amide bonds. The summed E-state index contributed by atoms with van der Waals surface area (Å²) in [6.07, 6.45) is -1.86. The number of amides is 1. The van der Waals surface area contributed by atoms with E-state index in [1.807, 2.05) is 0 Å². The highest BCUT2D eigenvalue weighted by molar-refractivity contribution is 5.94. The zero-order valence-corrected chi connectivity index (χ0v) is 14.0. The van der Waals surface area contributed by atoms with Gasteiger partial charge in [-0.1, -0.05) is 6.07 Å². The average molecular weight is 397 g/mol. The van der Waals surface area contributed by atoms with Crippen LogP contribution in [0.15, 0.2) is 59.9 Å². The number of halogens is 5. The lowest BCUT2D eigenvalue weighted by Crippen LogP contribution is -2.49. The van der Waals surface area contributed by atoms with E-state index in [4.69, 9.17) is 4.74 Å². The number of aliphatic imine (C=N–C) groups is 1. The van der Waals surface area contributed by atoms with E-state index in [0.717, 1.165) is 29.3 Å². The van der Waals surface area contributed by atoms with Crippen LogP contribution in [0.1, 0.15) is 15.9 Å². The zero-order valence-electron chi connectivity index (χ0n) is 14.0. The van der Waals surface area contributed by atoms with Crippen molar-refractivity contribution >= 4 is 12.1 Å². The van der Waals surface area contributed by atoms with Gasteiger partial charge in [0.1, 0.15) is 17.4 Å². The summed E-state index contributed by atoms with van der Waals surface area (Å²) in [7, 11) is 0. The highest BCUT2D eigenvalue weighted by Gasteiger charge is 2.31. The topological polar surface area (TPSA) is 53.9 Å². The fourth-order valence-corrected chi connectivity index (χ4v) is 2.31. The second kappa shape index (κ2) is 7.67. The monoisotopic (exact) mass is 397 g/mol. The summed E-state index contributed by atoms with van der Waals surface area (Å²) < 4.78 is 70.7. The fourth-order valence-electron chi connectivity index (χ4n) is 2.31. The van der Waals surface area contributed by atoms with Crippen LogP contribution < -0.4 is 10.2 Å². The molecule has 3 rings (SSSR count). The number of benzene rings is 2. The van der Waals surface area contributed by atoms with Crippen LogP contribution in [0.4, 0.5) is 22.0 Å². The normalized spacial score (nSPS) is 16.2. The Morgan fingerprint density at radius 3 is 2.64 bits per heavy atom. The standard InChI is InChI=1S/C18H12F5N3O2/c19-12-4-5-14(15(20)9-12)17(27)25-26-7-6-24-10-16(26)28-13-3-1-2-11(8-13)18(21,22)23/h1-10,16H,(H,25,27). The van der Waals surface area contributed by atoms with Crippen LogP contribution in [-0.4, -0.2) is 23.4 Å². The molecule has 0 spiro atoms. The molecule has 5 nitrogen and oxygen atoms in total. The largest absolute Gasteiger partial charge is 0.464 e. The lowest BCUT2D eigenvalue weighted by Gasteiger charge is -2.30. The van der Waals surface area contributed by atoms with Crippen molar-refractivity contribution in [3.63, 3.8) is 0 Å². The lowest BCUT2D eigenvalue weighted by molar-refractivity contribution is -0.137. The minimum atomic E-state index is -4.55. The van der Waals surface area contributed by atoms with Gasteiger partial charge in [0, 0.05) is 18.5 Å². The van der Waals surface area contributed by atoms with E-state index in [1.54, 1.807) is 0 Å². The first kappa shape index (κ1) is 19.3. The zero-order chi connectivity index (χ0) is 20.3. The first-order valence-electron chi connectivity index (χ1n) is 7.82. The van der Waals surface area contributed by atoms with Crippen LogP contribution >= 0.6 is 0 Å². The maximum absolute atomic E-state index is 13.8. The highest BCUT2D eigenvalue weighted by Crippen LogP contribution is 2.31. The Morgan fingerprint density at radius 2 is 1.93 bits per heavy atom. The molecule has 1 heterocycles. The molecule has 0 fully saturated rings. The van der Waals surface area contributed by atoms with Gasteiger partial charge in [0.05, 0.1) is 17.3 Å². The van der Waals surface area contributed by atoms with Crippen molar-refractivity contribution in [3.8, 4) is 5.75 Å². The fraction of sp³-hybridized carbons (Fsp3) is 0.111. The molecule has 0 aliphatic carbocycles. The molecule has 2 aromatic carbocycles. The molecular weight excluding hydrogens is 385 g/mol. The molecule has 2 aromatic rings. The van der Waals surface area contributed by atoms with E-state index in [-0.39, 0.29) is 5.75 Å². The van der Waals surface area contributed by atoms with Crippen molar-refractivity contribution in [2.75, 3.05) is 0 Å². The summed E-state index contributed by atoms with van der Waals surface area (Å²) in [6, 6.07) is 6.60. The molecule has 0 saturated heterocycles. The number of carbonyl (C=O) groups is 1.